The predicted octanol–water partition coefficient (Wildman–Crippen LogP) is 2.09. The average Bonchev–Trinajstić information content (AvgIpc) is 3.03. The van der Waals surface area contributed by atoms with Gasteiger partial charge in [-0.3, -0.25) is 4.79 Å². The minimum absolute atomic E-state index is 0.0637. The number of halogens is 1. The van der Waals surface area contributed by atoms with Crippen molar-refractivity contribution in [3.63, 3.8) is 0 Å². The second kappa shape index (κ2) is 6.93. The fraction of sp³-hybridized carbons (Fsp3) is 0.294. The van der Waals surface area contributed by atoms with E-state index in [-0.39, 0.29) is 24.3 Å². The van der Waals surface area contributed by atoms with Crippen molar-refractivity contribution in [1.29, 1.82) is 0 Å². The van der Waals surface area contributed by atoms with E-state index in [1.54, 1.807) is 6.07 Å². The third-order valence-corrected chi connectivity index (χ3v) is 5.35. The largest absolute Gasteiger partial charge is 0.366 e. The summed E-state index contributed by atoms with van der Waals surface area (Å²) in [4.78, 5) is 25.5. The smallest absolute Gasteiger partial charge is 0.239 e. The summed E-state index contributed by atoms with van der Waals surface area (Å²) in [6.07, 6.45) is 3.93. The molecule has 0 saturated carbocycles. The Morgan fingerprint density at radius 1 is 1.38 bits per heavy atom. The van der Waals surface area contributed by atoms with Crippen LogP contribution in [0.4, 0.5) is 15.3 Å². The molecule has 1 aliphatic rings. The van der Waals surface area contributed by atoms with Crippen molar-refractivity contribution in [3.8, 4) is 0 Å². The summed E-state index contributed by atoms with van der Waals surface area (Å²) >= 11 is 1.47. The molecule has 0 spiro atoms. The van der Waals surface area contributed by atoms with Crippen LogP contribution < -0.4 is 16.4 Å². The zero-order valence-corrected chi connectivity index (χ0v) is 14.6. The maximum atomic E-state index is 13.6. The van der Waals surface area contributed by atoms with E-state index in [2.05, 4.69) is 25.6 Å². The molecule has 7 nitrogen and oxygen atoms in total. The number of aryl methyl sites for hydroxylation is 1. The van der Waals surface area contributed by atoms with E-state index in [1.807, 2.05) is 0 Å². The molecule has 0 radical (unpaired) electrons. The maximum Gasteiger partial charge on any atom is 0.239 e. The standard InChI is InChI=1S/C17H17FN6OS/c18-9-1-3-12-11(5-9)16(21-8-20-12)22-10-2-4-13-14(6-10)26-17(23-13)24-15(25)7-19/h1,3,5,8,10H,2,4,6-7,19H2,(H,20,21,22)(H,23,24,25). The molecule has 134 valence electrons. The van der Waals surface area contributed by atoms with Crippen molar-refractivity contribution >= 4 is 39.1 Å². The lowest BCUT2D eigenvalue weighted by molar-refractivity contribution is -0.114. The van der Waals surface area contributed by atoms with E-state index in [1.165, 1.54) is 29.8 Å². The first-order valence-corrected chi connectivity index (χ1v) is 9.09. The van der Waals surface area contributed by atoms with E-state index >= 15 is 0 Å². The second-order valence-corrected chi connectivity index (χ2v) is 7.19. The number of nitrogens with one attached hydrogen (secondary N) is 2. The Morgan fingerprint density at radius 2 is 2.27 bits per heavy atom. The van der Waals surface area contributed by atoms with Crippen LogP contribution in [-0.2, 0) is 17.6 Å². The third-order valence-electron chi connectivity index (χ3n) is 4.31. The molecule has 4 rings (SSSR count). The van der Waals surface area contributed by atoms with Crippen LogP contribution in [0.5, 0.6) is 0 Å². The Labute approximate surface area is 152 Å². The Bertz CT molecular complexity index is 975. The highest BCUT2D eigenvalue weighted by molar-refractivity contribution is 7.15. The molecule has 9 heteroatoms. The van der Waals surface area contributed by atoms with E-state index in [0.717, 1.165) is 29.8 Å². The number of nitrogens with two attached hydrogens (primary N) is 1. The predicted molar refractivity (Wildman–Crippen MR) is 98.7 cm³/mol. The van der Waals surface area contributed by atoms with Gasteiger partial charge in [0.15, 0.2) is 5.13 Å². The number of amides is 1. The number of aromatic nitrogens is 3. The number of carbonyl (C=O) groups excluding carboxylic acids is 1. The van der Waals surface area contributed by atoms with Gasteiger partial charge in [0.2, 0.25) is 5.91 Å². The molecular weight excluding hydrogens is 355 g/mol. The minimum Gasteiger partial charge on any atom is -0.366 e. The summed E-state index contributed by atoms with van der Waals surface area (Å²) < 4.78 is 13.6. The topological polar surface area (TPSA) is 106 Å². The molecule has 0 fully saturated rings. The van der Waals surface area contributed by atoms with Crippen LogP contribution in [0.3, 0.4) is 0 Å². The van der Waals surface area contributed by atoms with E-state index in [0.29, 0.717) is 21.9 Å². The molecule has 1 aliphatic carbocycles. The van der Waals surface area contributed by atoms with Gasteiger partial charge in [-0.25, -0.2) is 19.3 Å². The highest BCUT2D eigenvalue weighted by Crippen LogP contribution is 2.31. The summed E-state index contributed by atoms with van der Waals surface area (Å²) in [5, 5.41) is 7.36. The molecule has 1 aromatic carbocycles. The second-order valence-electron chi connectivity index (χ2n) is 6.11. The molecule has 1 unspecified atom stereocenters. The van der Waals surface area contributed by atoms with Gasteiger partial charge in [0.1, 0.15) is 18.0 Å². The highest BCUT2D eigenvalue weighted by Gasteiger charge is 2.24. The molecule has 4 N–H and O–H groups in total. The number of carbonyl (C=O) groups is 1. The number of hydrogen-bond acceptors (Lipinski definition) is 7. The lowest BCUT2D eigenvalue weighted by Gasteiger charge is -2.23. The number of hydrogen-bond donors (Lipinski definition) is 3. The van der Waals surface area contributed by atoms with Crippen LogP contribution in [0.1, 0.15) is 17.0 Å². The lowest BCUT2D eigenvalue weighted by atomic mass is 9.97. The van der Waals surface area contributed by atoms with Crippen LogP contribution in [-0.4, -0.2) is 33.4 Å². The molecule has 26 heavy (non-hydrogen) atoms. The summed E-state index contributed by atoms with van der Waals surface area (Å²) in [5.74, 6) is 0.0633. The third kappa shape index (κ3) is 3.35. The zero-order valence-electron chi connectivity index (χ0n) is 13.8. The lowest BCUT2D eigenvalue weighted by Crippen LogP contribution is -2.27. The van der Waals surface area contributed by atoms with Gasteiger partial charge >= 0.3 is 0 Å². The maximum absolute atomic E-state index is 13.6. The number of fused-ring (bicyclic) bond motifs is 2. The molecule has 0 saturated heterocycles. The average molecular weight is 372 g/mol. The number of anilines is 2. The summed E-state index contributed by atoms with van der Waals surface area (Å²) in [7, 11) is 0. The fourth-order valence-corrected chi connectivity index (χ4v) is 4.16. The first-order chi connectivity index (χ1) is 12.6. The van der Waals surface area contributed by atoms with E-state index < -0.39 is 0 Å². The highest BCUT2D eigenvalue weighted by atomic mass is 32.1. The number of thiazole rings is 1. The Hall–Kier alpha value is -2.65. The Balaban J connectivity index is 1.53. The molecule has 1 atom stereocenters. The monoisotopic (exact) mass is 372 g/mol. The van der Waals surface area contributed by atoms with Gasteiger partial charge in [0.25, 0.3) is 0 Å². The van der Waals surface area contributed by atoms with Gasteiger partial charge in [0.05, 0.1) is 17.8 Å². The summed E-state index contributed by atoms with van der Waals surface area (Å²) in [5.41, 5.74) is 7.03. The molecule has 2 aromatic heterocycles. The minimum atomic E-state index is -0.316. The summed E-state index contributed by atoms with van der Waals surface area (Å²) in [6, 6.07) is 4.63. The van der Waals surface area contributed by atoms with Crippen molar-refractivity contribution in [1.82, 2.24) is 15.0 Å². The van der Waals surface area contributed by atoms with Gasteiger partial charge in [-0.2, -0.15) is 0 Å². The van der Waals surface area contributed by atoms with Gasteiger partial charge in [-0.1, -0.05) is 0 Å². The van der Waals surface area contributed by atoms with Crippen molar-refractivity contribution in [2.45, 2.75) is 25.3 Å². The molecule has 3 aromatic rings. The zero-order chi connectivity index (χ0) is 18.1. The Morgan fingerprint density at radius 3 is 3.12 bits per heavy atom. The van der Waals surface area contributed by atoms with Crippen molar-refractivity contribution in [2.24, 2.45) is 5.73 Å². The molecule has 1 amide bonds. The normalized spacial score (nSPS) is 16.3. The van der Waals surface area contributed by atoms with E-state index in [4.69, 9.17) is 5.73 Å². The van der Waals surface area contributed by atoms with Crippen LogP contribution in [0.15, 0.2) is 24.5 Å². The SMILES string of the molecule is NCC(=O)Nc1nc2c(s1)CC(Nc1ncnc3ccc(F)cc13)CC2. The van der Waals surface area contributed by atoms with Crippen LogP contribution >= 0.6 is 11.3 Å². The van der Waals surface area contributed by atoms with Gasteiger partial charge in [0, 0.05) is 22.7 Å². The van der Waals surface area contributed by atoms with Crippen molar-refractivity contribution < 1.29 is 9.18 Å². The molecule has 0 bridgehead atoms. The molecule has 2 heterocycles. The van der Waals surface area contributed by atoms with Crippen molar-refractivity contribution in [2.75, 3.05) is 17.2 Å². The quantitative estimate of drug-likeness (QED) is 0.648. The van der Waals surface area contributed by atoms with Crippen LogP contribution in [0.25, 0.3) is 10.9 Å². The van der Waals surface area contributed by atoms with Gasteiger partial charge < -0.3 is 16.4 Å². The summed E-state index contributed by atoms with van der Waals surface area (Å²) in [6.45, 7) is -0.0637. The number of nitrogens with zero attached hydrogens (tertiary/aromatic N) is 3. The van der Waals surface area contributed by atoms with Crippen LogP contribution in [0.2, 0.25) is 0 Å². The van der Waals surface area contributed by atoms with Crippen molar-refractivity contribution in [3.05, 3.63) is 40.9 Å². The first kappa shape index (κ1) is 16.8. The molecular formula is C17H17FN6OS. The van der Waals surface area contributed by atoms with Gasteiger partial charge in [-0.05, 0) is 31.0 Å². The first-order valence-electron chi connectivity index (χ1n) is 8.27. The van der Waals surface area contributed by atoms with Crippen LogP contribution in [0, 0.1) is 5.82 Å². The number of rotatable bonds is 4. The van der Waals surface area contributed by atoms with E-state index in [9.17, 15) is 9.18 Å². The molecule has 0 aliphatic heterocycles. The number of benzene rings is 1. The fourth-order valence-electron chi connectivity index (χ4n) is 3.06. The van der Waals surface area contributed by atoms with Gasteiger partial charge in [-0.15, -0.1) is 11.3 Å². The Kier molecular flexibility index (Phi) is 4.48.